The topological polar surface area (TPSA) is 15.3 Å². The molecule has 62 valence electrons. The van der Waals surface area contributed by atoms with E-state index in [0.717, 1.165) is 0 Å². The van der Waals surface area contributed by atoms with Crippen molar-refractivity contribution in [1.82, 2.24) is 10.4 Å². The highest BCUT2D eigenvalue weighted by Gasteiger charge is 2.18. The van der Waals surface area contributed by atoms with Crippen molar-refractivity contribution in [1.29, 1.82) is 0 Å². The fraction of sp³-hybridized carbons (Fsp3) is 1.00. The van der Waals surface area contributed by atoms with Crippen molar-refractivity contribution in [2.24, 2.45) is 0 Å². The van der Waals surface area contributed by atoms with Crippen LogP contribution in [0.5, 0.6) is 0 Å². The highest BCUT2D eigenvalue weighted by molar-refractivity contribution is 4.76. The van der Waals surface area contributed by atoms with E-state index in [1.54, 1.807) is 0 Å². The van der Waals surface area contributed by atoms with Crippen molar-refractivity contribution in [3.05, 3.63) is 0 Å². The van der Waals surface area contributed by atoms with Crippen LogP contribution in [0.15, 0.2) is 0 Å². The third-order valence-electron chi connectivity index (χ3n) is 2.05. The second kappa shape index (κ2) is 3.94. The average Bonchev–Trinajstić information content (AvgIpc) is 1.87. The van der Waals surface area contributed by atoms with Crippen LogP contribution in [0.3, 0.4) is 0 Å². The Hall–Kier alpha value is -0.0800. The zero-order chi connectivity index (χ0) is 8.20. The van der Waals surface area contributed by atoms with Gasteiger partial charge >= 0.3 is 0 Å². The van der Waals surface area contributed by atoms with Gasteiger partial charge in [0.2, 0.25) is 0 Å². The molecule has 0 rings (SSSR count). The van der Waals surface area contributed by atoms with E-state index in [2.05, 4.69) is 26.2 Å². The molecule has 10 heavy (non-hydrogen) atoms. The van der Waals surface area contributed by atoms with Crippen molar-refractivity contribution >= 4 is 0 Å². The molecule has 0 aliphatic heterocycles. The Morgan fingerprint density at radius 3 is 1.70 bits per heavy atom. The molecule has 0 atom stereocenters. The average molecular weight is 144 g/mol. The summed E-state index contributed by atoms with van der Waals surface area (Å²) in [5.41, 5.74) is 3.67. The molecule has 0 spiro atoms. The van der Waals surface area contributed by atoms with Crippen LogP contribution in [0.25, 0.3) is 0 Å². The molecule has 0 aromatic carbocycles. The first kappa shape index (κ1) is 9.92. The fourth-order valence-corrected chi connectivity index (χ4v) is 0.948. The Labute approximate surface area is 64.6 Å². The first-order valence-electron chi connectivity index (χ1n) is 3.99. The second-order valence-electron chi connectivity index (χ2n) is 3.27. The summed E-state index contributed by atoms with van der Waals surface area (Å²) in [4.78, 5) is 0. The lowest BCUT2D eigenvalue weighted by atomic mass is 9.97. The van der Waals surface area contributed by atoms with E-state index in [-0.39, 0.29) is 5.54 Å². The molecule has 0 aromatic rings. The first-order chi connectivity index (χ1) is 4.54. The molecule has 0 fully saturated rings. The van der Waals surface area contributed by atoms with Crippen LogP contribution in [0.2, 0.25) is 0 Å². The van der Waals surface area contributed by atoms with E-state index in [1.807, 2.05) is 19.1 Å². The standard InChI is InChI=1S/C8H20N2/c1-6-8(3,7-2)9-10(4)5/h9H,6-7H2,1-5H3. The summed E-state index contributed by atoms with van der Waals surface area (Å²) in [5.74, 6) is 0. The molecule has 0 aromatic heterocycles. The van der Waals surface area contributed by atoms with Crippen LogP contribution in [0.4, 0.5) is 0 Å². The van der Waals surface area contributed by atoms with Crippen LogP contribution in [0, 0.1) is 0 Å². The minimum absolute atomic E-state index is 0.281. The summed E-state index contributed by atoms with van der Waals surface area (Å²) in [6.45, 7) is 6.66. The molecular weight excluding hydrogens is 124 g/mol. The number of hydrogen-bond donors (Lipinski definition) is 1. The summed E-state index contributed by atoms with van der Waals surface area (Å²) in [7, 11) is 4.06. The zero-order valence-corrected chi connectivity index (χ0v) is 7.86. The molecule has 0 saturated heterocycles. The van der Waals surface area contributed by atoms with Crippen LogP contribution >= 0.6 is 0 Å². The number of hydrazine groups is 1. The minimum atomic E-state index is 0.281. The van der Waals surface area contributed by atoms with E-state index >= 15 is 0 Å². The number of nitrogens with zero attached hydrogens (tertiary/aromatic N) is 1. The van der Waals surface area contributed by atoms with Crippen molar-refractivity contribution < 1.29 is 0 Å². The second-order valence-corrected chi connectivity index (χ2v) is 3.27. The van der Waals surface area contributed by atoms with Crippen molar-refractivity contribution in [2.75, 3.05) is 14.1 Å². The van der Waals surface area contributed by atoms with Crippen molar-refractivity contribution in [3.8, 4) is 0 Å². The smallest absolute Gasteiger partial charge is 0.0292 e. The van der Waals surface area contributed by atoms with Gasteiger partial charge in [-0.05, 0) is 19.8 Å². The van der Waals surface area contributed by atoms with Crippen LogP contribution in [-0.2, 0) is 0 Å². The molecule has 0 heterocycles. The zero-order valence-electron chi connectivity index (χ0n) is 7.86. The van der Waals surface area contributed by atoms with Gasteiger partial charge < -0.3 is 0 Å². The molecule has 0 aliphatic rings. The van der Waals surface area contributed by atoms with E-state index in [9.17, 15) is 0 Å². The minimum Gasteiger partial charge on any atom is -0.250 e. The number of nitrogens with one attached hydrogen (secondary N) is 1. The van der Waals surface area contributed by atoms with E-state index in [1.165, 1.54) is 12.8 Å². The monoisotopic (exact) mass is 144 g/mol. The molecule has 0 unspecified atom stereocenters. The lowest BCUT2D eigenvalue weighted by Crippen LogP contribution is -2.48. The quantitative estimate of drug-likeness (QED) is 0.603. The Morgan fingerprint density at radius 1 is 1.20 bits per heavy atom. The highest BCUT2D eigenvalue weighted by Crippen LogP contribution is 2.12. The third-order valence-corrected chi connectivity index (χ3v) is 2.05. The molecular formula is C8H20N2. The van der Waals surface area contributed by atoms with Crippen LogP contribution in [-0.4, -0.2) is 24.6 Å². The van der Waals surface area contributed by atoms with Gasteiger partial charge in [0, 0.05) is 19.6 Å². The van der Waals surface area contributed by atoms with E-state index in [4.69, 9.17) is 0 Å². The van der Waals surface area contributed by atoms with E-state index < -0.39 is 0 Å². The van der Waals surface area contributed by atoms with Crippen molar-refractivity contribution in [2.45, 2.75) is 39.2 Å². The predicted molar refractivity (Wildman–Crippen MR) is 45.8 cm³/mol. The Balaban J connectivity index is 3.80. The lowest BCUT2D eigenvalue weighted by Gasteiger charge is -2.31. The van der Waals surface area contributed by atoms with Gasteiger partial charge in [-0.2, -0.15) is 0 Å². The van der Waals surface area contributed by atoms with E-state index in [0.29, 0.717) is 0 Å². The molecule has 2 heteroatoms. The number of hydrogen-bond acceptors (Lipinski definition) is 2. The fourth-order valence-electron chi connectivity index (χ4n) is 0.948. The summed E-state index contributed by atoms with van der Waals surface area (Å²) in [6, 6.07) is 0. The predicted octanol–water partition coefficient (Wildman–Crippen LogP) is 1.63. The van der Waals surface area contributed by atoms with Gasteiger partial charge in [0.25, 0.3) is 0 Å². The molecule has 1 N–H and O–H groups in total. The molecule has 0 radical (unpaired) electrons. The first-order valence-corrected chi connectivity index (χ1v) is 3.99. The summed E-state index contributed by atoms with van der Waals surface area (Å²) >= 11 is 0. The molecule has 0 bridgehead atoms. The summed E-state index contributed by atoms with van der Waals surface area (Å²) < 4.78 is 0. The summed E-state index contributed by atoms with van der Waals surface area (Å²) in [5, 5.41) is 2.02. The van der Waals surface area contributed by atoms with Crippen LogP contribution in [0.1, 0.15) is 33.6 Å². The molecule has 0 amide bonds. The van der Waals surface area contributed by atoms with Gasteiger partial charge in [0.15, 0.2) is 0 Å². The number of rotatable bonds is 4. The Morgan fingerprint density at radius 2 is 1.60 bits per heavy atom. The Kier molecular flexibility index (Phi) is 3.91. The normalized spacial score (nSPS) is 12.6. The van der Waals surface area contributed by atoms with Gasteiger partial charge in [0.05, 0.1) is 0 Å². The Bertz CT molecular complexity index is 85.3. The maximum absolute atomic E-state index is 3.39. The summed E-state index contributed by atoms with van der Waals surface area (Å²) in [6.07, 6.45) is 2.34. The maximum atomic E-state index is 3.39. The van der Waals surface area contributed by atoms with Gasteiger partial charge in [-0.15, -0.1) is 0 Å². The van der Waals surface area contributed by atoms with Gasteiger partial charge in [-0.25, -0.2) is 5.43 Å². The molecule has 0 saturated carbocycles. The third kappa shape index (κ3) is 3.18. The SMILES string of the molecule is CCC(C)(CC)NN(C)C. The molecule has 2 nitrogen and oxygen atoms in total. The van der Waals surface area contributed by atoms with Gasteiger partial charge in [0.1, 0.15) is 0 Å². The van der Waals surface area contributed by atoms with Gasteiger partial charge in [-0.1, -0.05) is 13.8 Å². The molecule has 0 aliphatic carbocycles. The lowest BCUT2D eigenvalue weighted by molar-refractivity contribution is 0.162. The van der Waals surface area contributed by atoms with Gasteiger partial charge in [-0.3, -0.25) is 5.01 Å². The van der Waals surface area contributed by atoms with Crippen LogP contribution < -0.4 is 5.43 Å². The maximum Gasteiger partial charge on any atom is 0.0292 e. The van der Waals surface area contributed by atoms with Crippen molar-refractivity contribution in [3.63, 3.8) is 0 Å². The highest BCUT2D eigenvalue weighted by atomic mass is 15.5. The largest absolute Gasteiger partial charge is 0.250 e.